The van der Waals surface area contributed by atoms with Gasteiger partial charge in [0.2, 0.25) is 6.04 Å². The summed E-state index contributed by atoms with van der Waals surface area (Å²) < 4.78 is 0. The van der Waals surface area contributed by atoms with Gasteiger partial charge < -0.3 is 15.1 Å². The quantitative estimate of drug-likeness (QED) is 0.591. The van der Waals surface area contributed by atoms with Crippen LogP contribution in [0.4, 0.5) is 5.69 Å². The van der Waals surface area contributed by atoms with Crippen LogP contribution >= 0.6 is 0 Å². The maximum absolute atomic E-state index is 12.2. The molecule has 0 radical (unpaired) electrons. The number of hydrogen-bond donors (Lipinski definition) is 2. The molecular formula is C20H25N3O4. The number of nitro groups is 1. The number of aliphatic hydroxyl groups is 2. The Morgan fingerprint density at radius 2 is 2.04 bits per heavy atom. The molecule has 6 aliphatic rings. The van der Waals surface area contributed by atoms with Gasteiger partial charge in [0, 0.05) is 46.9 Å². The monoisotopic (exact) mass is 371 g/mol. The number of aliphatic hydroxyl groups excluding tert-OH is 2. The molecule has 0 amide bonds. The van der Waals surface area contributed by atoms with Crippen LogP contribution in [0.15, 0.2) is 24.3 Å². The minimum Gasteiger partial charge on any atom is -0.392 e. The lowest BCUT2D eigenvalue weighted by Gasteiger charge is -2.62. The van der Waals surface area contributed by atoms with E-state index in [0.717, 1.165) is 17.7 Å². The molecule has 5 bridgehead atoms. The number of benzene rings is 1. The summed E-state index contributed by atoms with van der Waals surface area (Å²) in [5.41, 5.74) is 1.73. The molecule has 5 aliphatic heterocycles. The van der Waals surface area contributed by atoms with Crippen LogP contribution in [0, 0.1) is 27.9 Å². The highest BCUT2D eigenvalue weighted by Crippen LogP contribution is 2.69. The van der Waals surface area contributed by atoms with E-state index in [1.165, 1.54) is 0 Å². The zero-order valence-electron chi connectivity index (χ0n) is 15.5. The standard InChI is InChI=1S/C20H25N3O4/c1-3-9-13-14-12-8-20(18(14)24)10-6-4-5-7-11(10)21(2)17(20)16(15(13)23(26)27)22(12)19(9)25/h4-7,9,12-19,24-25H,3,8H2,1-2H3/t9-,12-,13+,14?,15?,16+,17-,18-,19+,20+/m0/s1. The van der Waals surface area contributed by atoms with E-state index in [4.69, 9.17) is 0 Å². The Morgan fingerprint density at radius 1 is 1.30 bits per heavy atom. The van der Waals surface area contributed by atoms with Gasteiger partial charge in [-0.3, -0.25) is 15.0 Å². The minimum absolute atomic E-state index is 0.0276. The summed E-state index contributed by atoms with van der Waals surface area (Å²) >= 11 is 0. The first-order valence-corrected chi connectivity index (χ1v) is 10.0. The summed E-state index contributed by atoms with van der Waals surface area (Å²) in [4.78, 5) is 16.3. The highest BCUT2D eigenvalue weighted by molar-refractivity contribution is 5.67. The number of hydrogen-bond acceptors (Lipinski definition) is 6. The van der Waals surface area contributed by atoms with Crippen molar-refractivity contribution in [2.45, 2.75) is 61.7 Å². The van der Waals surface area contributed by atoms with Crippen molar-refractivity contribution in [3.63, 3.8) is 0 Å². The van der Waals surface area contributed by atoms with Gasteiger partial charge in [0.05, 0.1) is 12.1 Å². The number of nitrogens with zero attached hydrogens (tertiary/aromatic N) is 3. The van der Waals surface area contributed by atoms with Crippen molar-refractivity contribution in [1.82, 2.24) is 4.90 Å². The van der Waals surface area contributed by atoms with Crippen LogP contribution < -0.4 is 4.90 Å². The first-order valence-electron chi connectivity index (χ1n) is 10.0. The van der Waals surface area contributed by atoms with Gasteiger partial charge in [-0.1, -0.05) is 25.1 Å². The average molecular weight is 371 g/mol. The van der Waals surface area contributed by atoms with E-state index in [0.29, 0.717) is 6.42 Å². The highest BCUT2D eigenvalue weighted by atomic mass is 16.6. The average Bonchev–Trinajstić information content (AvgIpc) is 3.04. The van der Waals surface area contributed by atoms with Crippen molar-refractivity contribution in [1.29, 1.82) is 0 Å². The SMILES string of the molecule is CC[C@H]1[C@@H]2C3[C@@H]4C[C@]5(c6ccccc6N(C)[C@H]5[C@@H](C2[N+](=O)[O-])N4[C@@H]1O)[C@H]3O. The zero-order valence-corrected chi connectivity index (χ0v) is 15.5. The van der Waals surface area contributed by atoms with E-state index in [2.05, 4.69) is 17.0 Å². The van der Waals surface area contributed by atoms with Crippen molar-refractivity contribution in [3.05, 3.63) is 39.9 Å². The Labute approximate surface area is 157 Å². The van der Waals surface area contributed by atoms with Crippen LogP contribution in [-0.2, 0) is 5.41 Å². The number of rotatable bonds is 2. The van der Waals surface area contributed by atoms with Gasteiger partial charge in [-0.15, -0.1) is 0 Å². The van der Waals surface area contributed by atoms with Crippen molar-refractivity contribution >= 4 is 5.69 Å². The predicted molar refractivity (Wildman–Crippen MR) is 97.9 cm³/mol. The van der Waals surface area contributed by atoms with Crippen molar-refractivity contribution < 1.29 is 15.1 Å². The summed E-state index contributed by atoms with van der Waals surface area (Å²) in [5, 5.41) is 35.0. The maximum Gasteiger partial charge on any atom is 0.234 e. The normalized spacial score (nSPS) is 53.6. The summed E-state index contributed by atoms with van der Waals surface area (Å²) in [6.07, 6.45) is 0.209. The van der Waals surface area contributed by atoms with E-state index >= 15 is 0 Å². The van der Waals surface area contributed by atoms with E-state index in [1.54, 1.807) is 0 Å². The Balaban J connectivity index is 1.63. The van der Waals surface area contributed by atoms with Crippen LogP contribution in [0.5, 0.6) is 0 Å². The highest BCUT2D eigenvalue weighted by Gasteiger charge is 2.81. The minimum atomic E-state index is -0.738. The molecule has 27 heavy (non-hydrogen) atoms. The molecule has 5 fully saturated rings. The second-order valence-corrected chi connectivity index (χ2v) is 9.18. The lowest BCUT2D eigenvalue weighted by atomic mass is 9.60. The van der Waals surface area contributed by atoms with E-state index in [9.17, 15) is 20.3 Å². The van der Waals surface area contributed by atoms with Crippen molar-refractivity contribution in [2.75, 3.05) is 11.9 Å². The molecular weight excluding hydrogens is 346 g/mol. The Hall–Kier alpha value is -1.70. The molecule has 1 saturated carbocycles. The summed E-state index contributed by atoms with van der Waals surface area (Å²) in [6.45, 7) is 1.99. The fourth-order valence-corrected chi connectivity index (χ4v) is 8.14. The molecule has 11 atom stereocenters. The number of anilines is 1. The smallest absolute Gasteiger partial charge is 0.234 e. The third-order valence-corrected chi connectivity index (χ3v) is 8.75. The van der Waals surface area contributed by atoms with Crippen molar-refractivity contribution in [3.8, 4) is 0 Å². The van der Waals surface area contributed by atoms with E-state index < -0.39 is 23.8 Å². The Morgan fingerprint density at radius 3 is 2.74 bits per heavy atom. The summed E-state index contributed by atoms with van der Waals surface area (Å²) in [6, 6.07) is 6.87. The lowest BCUT2D eigenvalue weighted by Crippen LogP contribution is -2.79. The number of fused-ring (bicyclic) bond motifs is 2. The van der Waals surface area contributed by atoms with Crippen LogP contribution in [0.3, 0.4) is 0 Å². The van der Waals surface area contributed by atoms with Gasteiger partial charge >= 0.3 is 0 Å². The second kappa shape index (κ2) is 4.82. The van der Waals surface area contributed by atoms with Gasteiger partial charge in [-0.2, -0.15) is 0 Å². The topological polar surface area (TPSA) is 90.1 Å². The predicted octanol–water partition coefficient (Wildman–Crippen LogP) is 0.810. The van der Waals surface area contributed by atoms with E-state index in [-0.39, 0.29) is 40.8 Å². The molecule has 0 aromatic heterocycles. The van der Waals surface area contributed by atoms with E-state index in [1.807, 2.05) is 31.0 Å². The van der Waals surface area contributed by atoms with Gasteiger partial charge in [0.15, 0.2) is 0 Å². The molecule has 144 valence electrons. The first kappa shape index (κ1) is 16.3. The fourth-order valence-electron chi connectivity index (χ4n) is 8.14. The fraction of sp³-hybridized carbons (Fsp3) is 0.700. The van der Waals surface area contributed by atoms with Crippen LogP contribution in [0.25, 0.3) is 0 Å². The largest absolute Gasteiger partial charge is 0.392 e. The molecule has 1 spiro atoms. The summed E-state index contributed by atoms with van der Waals surface area (Å²) in [5.74, 6) is -0.558. The second-order valence-electron chi connectivity index (χ2n) is 9.18. The van der Waals surface area contributed by atoms with Gasteiger partial charge in [0.1, 0.15) is 12.3 Å². The Bertz CT molecular complexity index is 848. The first-order chi connectivity index (χ1) is 12.9. The summed E-state index contributed by atoms with van der Waals surface area (Å²) in [7, 11) is 1.99. The molecule has 7 nitrogen and oxygen atoms in total. The molecule has 2 N–H and O–H groups in total. The molecule has 4 saturated heterocycles. The molecule has 1 aliphatic carbocycles. The molecule has 7 rings (SSSR count). The molecule has 7 heteroatoms. The number of para-hydroxylation sites is 1. The molecule has 1 aromatic carbocycles. The molecule has 1 aromatic rings. The lowest BCUT2D eigenvalue weighted by molar-refractivity contribution is -0.562. The zero-order chi connectivity index (χ0) is 18.8. The molecule has 3 unspecified atom stereocenters. The van der Waals surface area contributed by atoms with Gasteiger partial charge in [-0.05, 0) is 24.5 Å². The van der Waals surface area contributed by atoms with Crippen molar-refractivity contribution in [2.24, 2.45) is 17.8 Å². The van der Waals surface area contributed by atoms with Crippen LogP contribution in [-0.4, -0.2) is 63.6 Å². The van der Waals surface area contributed by atoms with Gasteiger partial charge in [0.25, 0.3) is 0 Å². The number of likely N-dealkylation sites (N-methyl/N-ethyl adjacent to an activating group) is 1. The van der Waals surface area contributed by atoms with Crippen LogP contribution in [0.1, 0.15) is 25.3 Å². The third-order valence-electron chi connectivity index (χ3n) is 8.75. The Kier molecular flexibility index (Phi) is 2.91. The number of piperidine rings is 4. The maximum atomic E-state index is 12.2. The van der Waals surface area contributed by atoms with Crippen LogP contribution in [0.2, 0.25) is 0 Å². The van der Waals surface area contributed by atoms with Gasteiger partial charge in [-0.25, -0.2) is 0 Å². The molecule has 5 heterocycles. The third kappa shape index (κ3) is 1.48.